The number of hydrogen-bond donors (Lipinski definition) is 1. The molecule has 0 aliphatic rings. The molecule has 0 aliphatic heterocycles. The molecule has 32 heavy (non-hydrogen) atoms. The summed E-state index contributed by atoms with van der Waals surface area (Å²) in [6.07, 6.45) is 0.501. The lowest BCUT2D eigenvalue weighted by Crippen LogP contribution is -2.53. The molecule has 174 valence electrons. The number of rotatable bonds is 9. The van der Waals surface area contributed by atoms with E-state index in [2.05, 4.69) is 24.4 Å². The zero-order valence-electron chi connectivity index (χ0n) is 19.4. The molecule has 0 unspecified atom stereocenters. The Hall–Kier alpha value is -1.69. The van der Waals surface area contributed by atoms with E-state index in [9.17, 15) is 9.59 Å². The summed E-state index contributed by atoms with van der Waals surface area (Å²) in [5.41, 5.74) is 2.77. The van der Waals surface area contributed by atoms with Crippen molar-refractivity contribution in [2.75, 3.05) is 5.75 Å². The number of aryl methyl sites for hydroxylation is 1. The maximum absolute atomic E-state index is 13.3. The van der Waals surface area contributed by atoms with Gasteiger partial charge in [0.15, 0.2) is 0 Å². The molecule has 0 saturated heterocycles. The van der Waals surface area contributed by atoms with Gasteiger partial charge in [-0.05, 0) is 62.9 Å². The molecule has 0 aliphatic carbocycles. The topological polar surface area (TPSA) is 49.4 Å². The fraction of sp³-hybridized carbons (Fsp3) is 0.440. The Kier molecular flexibility index (Phi) is 9.93. The van der Waals surface area contributed by atoms with Gasteiger partial charge in [0.1, 0.15) is 6.04 Å². The van der Waals surface area contributed by atoms with Crippen molar-refractivity contribution in [3.05, 3.63) is 69.2 Å². The fourth-order valence-electron chi connectivity index (χ4n) is 3.31. The molecule has 2 aromatic rings. The molecule has 1 N–H and O–H groups in total. The third-order valence-electron chi connectivity index (χ3n) is 4.98. The third kappa shape index (κ3) is 8.02. The molecule has 0 aromatic heterocycles. The maximum Gasteiger partial charge on any atom is 0.243 e. The predicted octanol–water partition coefficient (Wildman–Crippen LogP) is 6.26. The second-order valence-corrected chi connectivity index (χ2v) is 10.7. The number of benzene rings is 2. The fourth-order valence-corrected chi connectivity index (χ4v) is 4.76. The van der Waals surface area contributed by atoms with E-state index in [1.807, 2.05) is 39.8 Å². The lowest BCUT2D eigenvalue weighted by Gasteiger charge is -2.33. The number of hydrogen-bond acceptors (Lipinski definition) is 3. The molecule has 0 saturated carbocycles. The van der Waals surface area contributed by atoms with Crippen LogP contribution in [0.3, 0.4) is 0 Å². The summed E-state index contributed by atoms with van der Waals surface area (Å²) in [5.74, 6) is 0.755. The molecule has 0 heterocycles. The van der Waals surface area contributed by atoms with Gasteiger partial charge in [-0.3, -0.25) is 9.59 Å². The number of amides is 2. The zero-order valence-corrected chi connectivity index (χ0v) is 21.7. The monoisotopic (exact) mass is 494 g/mol. The van der Waals surface area contributed by atoms with E-state index in [0.29, 0.717) is 16.5 Å². The SMILES string of the molecule is CC[C@@H](C(=O)NC(C)(C)C)N(Cc1ccc(Cl)cc1Cl)C(=O)CSCc1ccccc1C. The molecular weight excluding hydrogens is 463 g/mol. The van der Waals surface area contributed by atoms with E-state index in [-0.39, 0.29) is 24.1 Å². The van der Waals surface area contributed by atoms with Gasteiger partial charge in [0.2, 0.25) is 11.8 Å². The van der Waals surface area contributed by atoms with Crippen LogP contribution in [0.4, 0.5) is 0 Å². The Balaban J connectivity index is 2.22. The summed E-state index contributed by atoms with van der Waals surface area (Å²) in [6.45, 7) is 10.0. The van der Waals surface area contributed by atoms with Crippen molar-refractivity contribution in [3.8, 4) is 0 Å². The normalized spacial score (nSPS) is 12.3. The van der Waals surface area contributed by atoms with Crippen LogP contribution in [0, 0.1) is 6.92 Å². The van der Waals surface area contributed by atoms with Crippen LogP contribution in [0.15, 0.2) is 42.5 Å². The van der Waals surface area contributed by atoms with Crippen molar-refractivity contribution in [2.45, 2.75) is 64.9 Å². The van der Waals surface area contributed by atoms with E-state index in [1.165, 1.54) is 11.1 Å². The van der Waals surface area contributed by atoms with Gasteiger partial charge in [-0.2, -0.15) is 0 Å². The quantitative estimate of drug-likeness (QED) is 0.447. The highest BCUT2D eigenvalue weighted by Gasteiger charge is 2.30. The van der Waals surface area contributed by atoms with Gasteiger partial charge in [0.25, 0.3) is 0 Å². The molecule has 0 fully saturated rings. The second-order valence-electron chi connectivity index (χ2n) is 8.84. The van der Waals surface area contributed by atoms with Crippen LogP contribution in [-0.2, 0) is 21.9 Å². The maximum atomic E-state index is 13.3. The molecule has 2 rings (SSSR count). The van der Waals surface area contributed by atoms with E-state index in [0.717, 1.165) is 11.3 Å². The summed E-state index contributed by atoms with van der Waals surface area (Å²) < 4.78 is 0. The van der Waals surface area contributed by atoms with Crippen LogP contribution in [0.25, 0.3) is 0 Å². The highest BCUT2D eigenvalue weighted by Crippen LogP contribution is 2.25. The average Bonchev–Trinajstić information content (AvgIpc) is 2.69. The number of carbonyl (C=O) groups excluding carboxylic acids is 2. The molecule has 0 bridgehead atoms. The van der Waals surface area contributed by atoms with E-state index in [4.69, 9.17) is 23.2 Å². The highest BCUT2D eigenvalue weighted by atomic mass is 35.5. The number of thioether (sulfide) groups is 1. The molecule has 7 heteroatoms. The number of nitrogens with zero attached hydrogens (tertiary/aromatic N) is 1. The van der Waals surface area contributed by atoms with Crippen molar-refractivity contribution in [1.29, 1.82) is 0 Å². The van der Waals surface area contributed by atoms with Gasteiger partial charge in [-0.15, -0.1) is 11.8 Å². The molecular formula is C25H32Cl2N2O2S. The Labute approximate surface area is 206 Å². The first kappa shape index (κ1) is 26.6. The largest absolute Gasteiger partial charge is 0.350 e. The Morgan fingerprint density at radius 2 is 1.78 bits per heavy atom. The Bertz CT molecular complexity index is 944. The smallest absolute Gasteiger partial charge is 0.243 e. The third-order valence-corrected chi connectivity index (χ3v) is 6.54. The molecule has 2 aromatic carbocycles. The van der Waals surface area contributed by atoms with Crippen LogP contribution in [0.1, 0.15) is 50.8 Å². The lowest BCUT2D eigenvalue weighted by molar-refractivity contribution is -0.140. The van der Waals surface area contributed by atoms with Gasteiger partial charge in [0, 0.05) is 27.9 Å². The molecule has 2 amide bonds. The molecule has 0 spiro atoms. The first-order chi connectivity index (χ1) is 15.0. The summed E-state index contributed by atoms with van der Waals surface area (Å²) >= 11 is 14.0. The lowest BCUT2D eigenvalue weighted by atomic mass is 10.1. The van der Waals surface area contributed by atoms with Gasteiger partial charge >= 0.3 is 0 Å². The zero-order chi connectivity index (χ0) is 23.9. The minimum absolute atomic E-state index is 0.0921. The summed E-state index contributed by atoms with van der Waals surface area (Å²) in [5, 5.41) is 4.02. The van der Waals surface area contributed by atoms with E-state index >= 15 is 0 Å². The van der Waals surface area contributed by atoms with Gasteiger partial charge in [0.05, 0.1) is 5.75 Å². The minimum Gasteiger partial charge on any atom is -0.350 e. The molecule has 1 atom stereocenters. The van der Waals surface area contributed by atoms with Crippen LogP contribution < -0.4 is 5.32 Å². The highest BCUT2D eigenvalue weighted by molar-refractivity contribution is 7.99. The molecule has 0 radical (unpaired) electrons. The van der Waals surface area contributed by atoms with Crippen molar-refractivity contribution in [1.82, 2.24) is 10.2 Å². The number of nitrogens with one attached hydrogen (secondary N) is 1. The minimum atomic E-state index is -0.590. The van der Waals surface area contributed by atoms with Crippen LogP contribution in [0.5, 0.6) is 0 Å². The van der Waals surface area contributed by atoms with Crippen LogP contribution >= 0.6 is 35.0 Å². The van der Waals surface area contributed by atoms with E-state index in [1.54, 1.807) is 34.9 Å². The summed E-state index contributed by atoms with van der Waals surface area (Å²) in [6, 6.07) is 12.8. The first-order valence-electron chi connectivity index (χ1n) is 10.7. The van der Waals surface area contributed by atoms with Gasteiger partial charge < -0.3 is 10.2 Å². The van der Waals surface area contributed by atoms with Crippen LogP contribution in [0.2, 0.25) is 10.0 Å². The van der Waals surface area contributed by atoms with Crippen molar-refractivity contribution in [2.24, 2.45) is 0 Å². The van der Waals surface area contributed by atoms with Gasteiger partial charge in [-0.25, -0.2) is 0 Å². The van der Waals surface area contributed by atoms with E-state index < -0.39 is 11.6 Å². The number of carbonyl (C=O) groups is 2. The Morgan fingerprint density at radius 1 is 1.09 bits per heavy atom. The Morgan fingerprint density at radius 3 is 2.38 bits per heavy atom. The predicted molar refractivity (Wildman–Crippen MR) is 136 cm³/mol. The van der Waals surface area contributed by atoms with Crippen LogP contribution in [-0.4, -0.2) is 34.0 Å². The van der Waals surface area contributed by atoms with Gasteiger partial charge in [-0.1, -0.05) is 60.5 Å². The number of halogens is 2. The van der Waals surface area contributed by atoms with Crippen molar-refractivity contribution in [3.63, 3.8) is 0 Å². The van der Waals surface area contributed by atoms with Crippen molar-refractivity contribution >= 4 is 46.8 Å². The summed E-state index contributed by atoms with van der Waals surface area (Å²) in [7, 11) is 0. The standard InChI is InChI=1S/C25H32Cl2N2O2S/c1-6-22(24(31)28-25(3,4)5)29(14-18-11-12-20(26)13-21(18)27)23(30)16-32-15-19-10-8-7-9-17(19)2/h7-13,22H,6,14-16H2,1-5H3,(H,28,31)/t22-/m0/s1. The second kappa shape index (κ2) is 12.0. The summed E-state index contributed by atoms with van der Waals surface area (Å²) in [4.78, 5) is 28.0. The molecule has 4 nitrogen and oxygen atoms in total. The van der Waals surface area contributed by atoms with Crippen molar-refractivity contribution < 1.29 is 9.59 Å². The first-order valence-corrected chi connectivity index (χ1v) is 12.6. The average molecular weight is 496 g/mol.